The van der Waals surface area contributed by atoms with Gasteiger partial charge in [0.15, 0.2) is 5.76 Å². The highest BCUT2D eigenvalue weighted by molar-refractivity contribution is 5.95. The number of nitrogens with one attached hydrogen (secondary N) is 2. The number of amides is 1. The number of benzene rings is 1. The van der Waals surface area contributed by atoms with E-state index in [9.17, 15) is 14.9 Å². The van der Waals surface area contributed by atoms with Crippen LogP contribution in [0.25, 0.3) is 0 Å². The molecule has 0 aliphatic carbocycles. The van der Waals surface area contributed by atoms with Gasteiger partial charge in [-0.25, -0.2) is 0 Å². The van der Waals surface area contributed by atoms with E-state index in [-0.39, 0.29) is 23.8 Å². The number of rotatable bonds is 5. The summed E-state index contributed by atoms with van der Waals surface area (Å²) in [6, 6.07) is 5.84. The zero-order valence-corrected chi connectivity index (χ0v) is 11.5. The molecular weight excluding hydrogens is 276 g/mol. The van der Waals surface area contributed by atoms with Crippen LogP contribution in [-0.2, 0) is 6.54 Å². The molecule has 0 unspecified atom stereocenters. The first-order chi connectivity index (χ1) is 10.0. The molecule has 0 aliphatic rings. The minimum atomic E-state index is -0.509. The molecule has 2 rings (SSSR count). The molecule has 0 saturated carbocycles. The zero-order chi connectivity index (χ0) is 15.4. The number of nitro groups is 1. The molecule has 1 aromatic heterocycles. The predicted molar refractivity (Wildman–Crippen MR) is 75.1 cm³/mol. The second-order valence-electron chi connectivity index (χ2n) is 4.36. The van der Waals surface area contributed by atoms with Gasteiger partial charge in [0.1, 0.15) is 5.69 Å². The van der Waals surface area contributed by atoms with Crippen LogP contribution in [0.5, 0.6) is 0 Å². The van der Waals surface area contributed by atoms with Gasteiger partial charge in [0, 0.05) is 24.7 Å². The summed E-state index contributed by atoms with van der Waals surface area (Å²) in [5.41, 5.74) is 1.25. The van der Waals surface area contributed by atoms with Crippen LogP contribution in [0.3, 0.4) is 0 Å². The lowest BCUT2D eigenvalue weighted by atomic mass is 10.1. The fourth-order valence-electron chi connectivity index (χ4n) is 1.81. The van der Waals surface area contributed by atoms with E-state index < -0.39 is 4.92 Å². The number of carbonyl (C=O) groups is 1. The number of carbonyl (C=O) groups excluding carboxylic acids is 1. The normalized spacial score (nSPS) is 10.2. The van der Waals surface area contributed by atoms with E-state index in [2.05, 4.69) is 15.8 Å². The molecule has 8 nitrogen and oxygen atoms in total. The monoisotopic (exact) mass is 290 g/mol. The maximum absolute atomic E-state index is 12.0. The SMILES string of the molecule is CNc1cc(C(=O)NCc2cc(C)no2)ccc1[N+](=O)[O-]. The molecule has 0 fully saturated rings. The molecule has 0 aliphatic heterocycles. The molecule has 2 N–H and O–H groups in total. The molecule has 1 heterocycles. The second-order valence-corrected chi connectivity index (χ2v) is 4.36. The van der Waals surface area contributed by atoms with Crippen LogP contribution in [0.4, 0.5) is 11.4 Å². The predicted octanol–water partition coefficient (Wildman–Crippen LogP) is 1.86. The summed E-state index contributed by atoms with van der Waals surface area (Å²) < 4.78 is 4.98. The topological polar surface area (TPSA) is 110 Å². The third-order valence-electron chi connectivity index (χ3n) is 2.82. The lowest BCUT2D eigenvalue weighted by Crippen LogP contribution is -2.22. The minimum Gasteiger partial charge on any atom is -0.383 e. The van der Waals surface area contributed by atoms with E-state index in [0.29, 0.717) is 11.3 Å². The van der Waals surface area contributed by atoms with Gasteiger partial charge >= 0.3 is 0 Å². The summed E-state index contributed by atoms with van der Waals surface area (Å²) in [6.45, 7) is 1.98. The zero-order valence-electron chi connectivity index (χ0n) is 11.5. The molecule has 0 saturated heterocycles. The van der Waals surface area contributed by atoms with Gasteiger partial charge in [0.2, 0.25) is 0 Å². The average molecular weight is 290 g/mol. The Morgan fingerprint density at radius 2 is 2.19 bits per heavy atom. The van der Waals surface area contributed by atoms with Crippen molar-refractivity contribution in [1.29, 1.82) is 0 Å². The van der Waals surface area contributed by atoms with Gasteiger partial charge in [-0.15, -0.1) is 0 Å². The van der Waals surface area contributed by atoms with Crippen molar-refractivity contribution < 1.29 is 14.2 Å². The summed E-state index contributed by atoms with van der Waals surface area (Å²) in [5, 5.41) is 19.9. The van der Waals surface area contributed by atoms with Gasteiger partial charge in [0.05, 0.1) is 17.2 Å². The summed E-state index contributed by atoms with van der Waals surface area (Å²) in [6.07, 6.45) is 0. The molecule has 1 amide bonds. The third kappa shape index (κ3) is 3.35. The Morgan fingerprint density at radius 3 is 2.76 bits per heavy atom. The Morgan fingerprint density at radius 1 is 1.43 bits per heavy atom. The molecule has 2 aromatic rings. The van der Waals surface area contributed by atoms with Gasteiger partial charge in [-0.3, -0.25) is 14.9 Å². The smallest absolute Gasteiger partial charge is 0.292 e. The number of hydrogen-bond acceptors (Lipinski definition) is 6. The van der Waals surface area contributed by atoms with Gasteiger partial charge in [-0.1, -0.05) is 5.16 Å². The highest BCUT2D eigenvalue weighted by Gasteiger charge is 2.16. The Balaban J connectivity index is 2.10. The van der Waals surface area contributed by atoms with Crippen molar-refractivity contribution in [3.05, 3.63) is 51.4 Å². The van der Waals surface area contributed by atoms with Gasteiger partial charge in [-0.2, -0.15) is 0 Å². The Labute approximate surface area is 120 Å². The number of nitro benzene ring substituents is 1. The third-order valence-corrected chi connectivity index (χ3v) is 2.82. The van der Waals surface area contributed by atoms with Crippen molar-refractivity contribution in [3.8, 4) is 0 Å². The molecule has 1 aromatic carbocycles. The maximum atomic E-state index is 12.0. The Bertz CT molecular complexity index is 681. The van der Waals surface area contributed by atoms with Crippen molar-refractivity contribution in [2.75, 3.05) is 12.4 Å². The van der Waals surface area contributed by atoms with E-state index >= 15 is 0 Å². The fraction of sp³-hybridized carbons (Fsp3) is 0.231. The highest BCUT2D eigenvalue weighted by Crippen LogP contribution is 2.24. The molecule has 0 spiro atoms. The summed E-state index contributed by atoms with van der Waals surface area (Å²) >= 11 is 0. The van der Waals surface area contributed by atoms with Crippen LogP contribution < -0.4 is 10.6 Å². The molecule has 21 heavy (non-hydrogen) atoms. The summed E-state index contributed by atoms with van der Waals surface area (Å²) in [4.78, 5) is 22.3. The van der Waals surface area contributed by atoms with Crippen LogP contribution in [0.2, 0.25) is 0 Å². The number of nitrogens with zero attached hydrogens (tertiary/aromatic N) is 2. The second kappa shape index (κ2) is 6.04. The first kappa shape index (κ1) is 14.5. The van der Waals surface area contributed by atoms with E-state index in [1.54, 1.807) is 20.0 Å². The van der Waals surface area contributed by atoms with Crippen LogP contribution in [0.15, 0.2) is 28.8 Å². The summed E-state index contributed by atoms with van der Waals surface area (Å²) in [5.74, 6) is 0.187. The Kier molecular flexibility index (Phi) is 4.17. The first-order valence-electron chi connectivity index (χ1n) is 6.18. The number of aryl methyl sites for hydroxylation is 1. The molecule has 0 radical (unpaired) electrons. The van der Waals surface area contributed by atoms with Crippen molar-refractivity contribution in [2.24, 2.45) is 0 Å². The standard InChI is InChI=1S/C13H14N4O4/c1-8-5-10(21-16-8)7-15-13(18)9-3-4-12(17(19)20)11(6-9)14-2/h3-6,14H,7H2,1-2H3,(H,15,18). The quantitative estimate of drug-likeness (QED) is 0.642. The van der Waals surface area contributed by atoms with Crippen LogP contribution in [0, 0.1) is 17.0 Å². The number of anilines is 1. The van der Waals surface area contributed by atoms with Crippen LogP contribution >= 0.6 is 0 Å². The van der Waals surface area contributed by atoms with Crippen LogP contribution in [-0.4, -0.2) is 23.0 Å². The van der Waals surface area contributed by atoms with Crippen molar-refractivity contribution in [2.45, 2.75) is 13.5 Å². The van der Waals surface area contributed by atoms with E-state index in [0.717, 1.165) is 5.69 Å². The lowest BCUT2D eigenvalue weighted by Gasteiger charge is -2.06. The maximum Gasteiger partial charge on any atom is 0.292 e. The number of aromatic nitrogens is 1. The average Bonchev–Trinajstić information content (AvgIpc) is 2.89. The van der Waals surface area contributed by atoms with Gasteiger partial charge < -0.3 is 15.2 Å². The Hall–Kier alpha value is -2.90. The van der Waals surface area contributed by atoms with Gasteiger partial charge in [0.25, 0.3) is 11.6 Å². The van der Waals surface area contributed by atoms with E-state index in [4.69, 9.17) is 4.52 Å². The first-order valence-corrected chi connectivity index (χ1v) is 6.18. The number of hydrogen-bond donors (Lipinski definition) is 2. The summed E-state index contributed by atoms with van der Waals surface area (Å²) in [7, 11) is 1.56. The van der Waals surface area contributed by atoms with E-state index in [1.807, 2.05) is 0 Å². The molecule has 110 valence electrons. The minimum absolute atomic E-state index is 0.0834. The molecular formula is C13H14N4O4. The molecule has 8 heteroatoms. The fourth-order valence-corrected chi connectivity index (χ4v) is 1.81. The lowest BCUT2D eigenvalue weighted by molar-refractivity contribution is -0.383. The van der Waals surface area contributed by atoms with Gasteiger partial charge in [-0.05, 0) is 19.1 Å². The molecule has 0 bridgehead atoms. The van der Waals surface area contributed by atoms with E-state index in [1.165, 1.54) is 18.2 Å². The largest absolute Gasteiger partial charge is 0.383 e. The van der Waals surface area contributed by atoms with Crippen molar-refractivity contribution in [3.63, 3.8) is 0 Å². The molecule has 0 atom stereocenters. The highest BCUT2D eigenvalue weighted by atomic mass is 16.6. The van der Waals surface area contributed by atoms with Crippen molar-refractivity contribution >= 4 is 17.3 Å². The van der Waals surface area contributed by atoms with Crippen LogP contribution in [0.1, 0.15) is 21.8 Å². The van der Waals surface area contributed by atoms with Crippen molar-refractivity contribution in [1.82, 2.24) is 10.5 Å².